The summed E-state index contributed by atoms with van der Waals surface area (Å²) in [6.07, 6.45) is 1.96. The Labute approximate surface area is 67.2 Å². The van der Waals surface area contributed by atoms with Crippen molar-refractivity contribution in [3.63, 3.8) is 0 Å². The van der Waals surface area contributed by atoms with E-state index in [0.29, 0.717) is 5.88 Å². The highest BCUT2D eigenvalue weighted by Gasteiger charge is 1.97. The van der Waals surface area contributed by atoms with Crippen LogP contribution in [0.25, 0.3) is 0 Å². The van der Waals surface area contributed by atoms with Gasteiger partial charge in [0.1, 0.15) is 0 Å². The summed E-state index contributed by atoms with van der Waals surface area (Å²) in [5.74, 6) is 0.708. The van der Waals surface area contributed by atoms with E-state index in [-0.39, 0.29) is 6.10 Å². The zero-order valence-corrected chi connectivity index (χ0v) is 7.16. The van der Waals surface area contributed by atoms with Crippen molar-refractivity contribution in [1.29, 1.82) is 0 Å². The molecule has 0 aliphatic rings. The lowest BCUT2D eigenvalue weighted by Gasteiger charge is -2.07. The molecule has 0 saturated carbocycles. The van der Waals surface area contributed by atoms with E-state index in [4.69, 9.17) is 4.74 Å². The summed E-state index contributed by atoms with van der Waals surface area (Å²) in [5.41, 5.74) is 1.18. The van der Waals surface area contributed by atoms with Crippen LogP contribution in [0.4, 0.5) is 0 Å². The quantitative estimate of drug-likeness (QED) is 0.646. The van der Waals surface area contributed by atoms with Crippen LogP contribution in [-0.2, 0) is 0 Å². The second kappa shape index (κ2) is 3.37. The van der Waals surface area contributed by atoms with E-state index in [1.54, 1.807) is 6.20 Å². The maximum Gasteiger partial charge on any atom is 0.213 e. The number of aryl methyl sites for hydroxylation is 1. The molecule has 1 aromatic heterocycles. The van der Waals surface area contributed by atoms with Gasteiger partial charge in [-0.15, -0.1) is 0 Å². The molecule has 0 spiro atoms. The zero-order chi connectivity index (χ0) is 8.27. The summed E-state index contributed by atoms with van der Waals surface area (Å²) in [6, 6.07) is 3.88. The Morgan fingerprint density at radius 1 is 1.45 bits per heavy atom. The van der Waals surface area contributed by atoms with Gasteiger partial charge in [0.05, 0.1) is 6.10 Å². The molecule has 0 aromatic carbocycles. The fourth-order valence-corrected chi connectivity index (χ4v) is 0.814. The number of hydrogen-bond donors (Lipinski definition) is 0. The predicted molar refractivity (Wildman–Crippen MR) is 44.7 cm³/mol. The Balaban J connectivity index is 2.71. The largest absolute Gasteiger partial charge is 0.475 e. The molecular formula is C9H13NO. The average molecular weight is 151 g/mol. The minimum atomic E-state index is 0.198. The second-order valence-electron chi connectivity index (χ2n) is 2.84. The minimum Gasteiger partial charge on any atom is -0.475 e. The molecule has 60 valence electrons. The summed E-state index contributed by atoms with van der Waals surface area (Å²) in [4.78, 5) is 4.06. The van der Waals surface area contributed by atoms with E-state index < -0.39 is 0 Å². The molecular weight excluding hydrogens is 138 g/mol. The van der Waals surface area contributed by atoms with Crippen molar-refractivity contribution in [1.82, 2.24) is 4.98 Å². The molecule has 0 fully saturated rings. The fourth-order valence-electron chi connectivity index (χ4n) is 0.814. The smallest absolute Gasteiger partial charge is 0.213 e. The lowest BCUT2D eigenvalue weighted by molar-refractivity contribution is 0.232. The van der Waals surface area contributed by atoms with Gasteiger partial charge in [-0.3, -0.25) is 0 Å². The maximum atomic E-state index is 5.38. The Hall–Kier alpha value is -1.05. The van der Waals surface area contributed by atoms with Gasteiger partial charge >= 0.3 is 0 Å². The SMILES string of the molecule is Cc1ccnc(OC(C)C)c1. The Bertz CT molecular complexity index is 233. The van der Waals surface area contributed by atoms with Gasteiger partial charge in [-0.1, -0.05) is 0 Å². The molecule has 0 aliphatic carbocycles. The predicted octanol–water partition coefficient (Wildman–Crippen LogP) is 2.18. The normalized spacial score (nSPS) is 10.2. The molecule has 11 heavy (non-hydrogen) atoms. The van der Waals surface area contributed by atoms with Crippen LogP contribution in [-0.4, -0.2) is 11.1 Å². The van der Waals surface area contributed by atoms with E-state index in [0.717, 1.165) is 0 Å². The van der Waals surface area contributed by atoms with E-state index in [9.17, 15) is 0 Å². The molecule has 1 heterocycles. The number of aromatic nitrogens is 1. The topological polar surface area (TPSA) is 22.1 Å². The zero-order valence-electron chi connectivity index (χ0n) is 7.16. The van der Waals surface area contributed by atoms with Crippen LogP contribution in [0.2, 0.25) is 0 Å². The Kier molecular flexibility index (Phi) is 2.47. The number of pyridine rings is 1. The van der Waals surface area contributed by atoms with Crippen LogP contribution in [0.15, 0.2) is 18.3 Å². The minimum absolute atomic E-state index is 0.198. The van der Waals surface area contributed by atoms with Crippen molar-refractivity contribution in [3.05, 3.63) is 23.9 Å². The van der Waals surface area contributed by atoms with Gasteiger partial charge in [-0.25, -0.2) is 4.98 Å². The molecule has 1 aromatic rings. The summed E-state index contributed by atoms with van der Waals surface area (Å²) in [5, 5.41) is 0. The van der Waals surface area contributed by atoms with Crippen molar-refractivity contribution in [2.45, 2.75) is 26.9 Å². The Morgan fingerprint density at radius 2 is 2.18 bits per heavy atom. The van der Waals surface area contributed by atoms with Crippen LogP contribution < -0.4 is 4.74 Å². The van der Waals surface area contributed by atoms with Crippen molar-refractivity contribution < 1.29 is 4.74 Å². The third-order valence-corrected chi connectivity index (χ3v) is 1.25. The molecule has 0 radical (unpaired) electrons. The van der Waals surface area contributed by atoms with Gasteiger partial charge in [0.2, 0.25) is 5.88 Å². The summed E-state index contributed by atoms with van der Waals surface area (Å²) in [7, 11) is 0. The van der Waals surface area contributed by atoms with Gasteiger partial charge in [-0.05, 0) is 32.4 Å². The monoisotopic (exact) mass is 151 g/mol. The van der Waals surface area contributed by atoms with Gasteiger partial charge in [0.15, 0.2) is 0 Å². The molecule has 0 bridgehead atoms. The molecule has 0 aliphatic heterocycles. The Morgan fingerprint density at radius 3 is 2.73 bits per heavy atom. The number of ether oxygens (including phenoxy) is 1. The third kappa shape index (κ3) is 2.58. The lowest BCUT2D eigenvalue weighted by Crippen LogP contribution is -2.06. The van der Waals surface area contributed by atoms with Crippen molar-refractivity contribution in [3.8, 4) is 5.88 Å². The van der Waals surface area contributed by atoms with Crippen LogP contribution in [0.3, 0.4) is 0 Å². The molecule has 0 N–H and O–H groups in total. The molecule has 0 saturated heterocycles. The van der Waals surface area contributed by atoms with Crippen molar-refractivity contribution in [2.24, 2.45) is 0 Å². The first-order chi connectivity index (χ1) is 5.18. The number of hydrogen-bond acceptors (Lipinski definition) is 2. The van der Waals surface area contributed by atoms with Crippen molar-refractivity contribution >= 4 is 0 Å². The first-order valence-corrected chi connectivity index (χ1v) is 3.78. The molecule has 0 amide bonds. The van der Waals surface area contributed by atoms with Crippen LogP contribution in [0.1, 0.15) is 19.4 Å². The molecule has 0 atom stereocenters. The van der Waals surface area contributed by atoms with E-state index in [1.807, 2.05) is 32.9 Å². The number of nitrogens with zero attached hydrogens (tertiary/aromatic N) is 1. The van der Waals surface area contributed by atoms with Gasteiger partial charge in [0, 0.05) is 12.3 Å². The lowest BCUT2D eigenvalue weighted by atomic mass is 10.3. The van der Waals surface area contributed by atoms with Crippen LogP contribution in [0.5, 0.6) is 5.88 Å². The van der Waals surface area contributed by atoms with Crippen LogP contribution in [0, 0.1) is 6.92 Å². The van der Waals surface area contributed by atoms with Gasteiger partial charge in [0.25, 0.3) is 0 Å². The second-order valence-corrected chi connectivity index (χ2v) is 2.84. The van der Waals surface area contributed by atoms with Crippen LogP contribution >= 0.6 is 0 Å². The molecule has 1 rings (SSSR count). The fraction of sp³-hybridized carbons (Fsp3) is 0.444. The highest BCUT2D eigenvalue weighted by molar-refractivity contribution is 5.18. The standard InChI is InChI=1S/C9H13NO/c1-7(2)11-9-6-8(3)4-5-10-9/h4-7H,1-3H3. The van der Waals surface area contributed by atoms with Crippen molar-refractivity contribution in [2.75, 3.05) is 0 Å². The van der Waals surface area contributed by atoms with Gasteiger partial charge < -0.3 is 4.74 Å². The van der Waals surface area contributed by atoms with Gasteiger partial charge in [-0.2, -0.15) is 0 Å². The summed E-state index contributed by atoms with van der Waals surface area (Å²) >= 11 is 0. The highest BCUT2D eigenvalue weighted by Crippen LogP contribution is 2.09. The molecule has 2 nitrogen and oxygen atoms in total. The van der Waals surface area contributed by atoms with E-state index >= 15 is 0 Å². The molecule has 0 unspecified atom stereocenters. The first kappa shape index (κ1) is 8.05. The van der Waals surface area contributed by atoms with E-state index in [2.05, 4.69) is 4.98 Å². The third-order valence-electron chi connectivity index (χ3n) is 1.25. The average Bonchev–Trinajstić information content (AvgIpc) is 1.85. The molecule has 2 heteroatoms. The first-order valence-electron chi connectivity index (χ1n) is 3.78. The summed E-state index contributed by atoms with van der Waals surface area (Å²) in [6.45, 7) is 6.00. The van der Waals surface area contributed by atoms with E-state index in [1.165, 1.54) is 5.56 Å². The highest BCUT2D eigenvalue weighted by atomic mass is 16.5. The number of rotatable bonds is 2. The maximum absolute atomic E-state index is 5.38. The summed E-state index contributed by atoms with van der Waals surface area (Å²) < 4.78 is 5.38.